The van der Waals surface area contributed by atoms with Crippen molar-refractivity contribution in [1.29, 1.82) is 0 Å². The van der Waals surface area contributed by atoms with Crippen LogP contribution in [0.5, 0.6) is 0 Å². The highest BCUT2D eigenvalue weighted by molar-refractivity contribution is 5.89. The fourth-order valence-electron chi connectivity index (χ4n) is 1.82. The van der Waals surface area contributed by atoms with Crippen LogP contribution in [0.15, 0.2) is 24.3 Å². The molecule has 98 valence electrons. The summed E-state index contributed by atoms with van der Waals surface area (Å²) in [4.78, 5) is 22.9. The predicted octanol–water partition coefficient (Wildman–Crippen LogP) is 1.86. The summed E-state index contributed by atoms with van der Waals surface area (Å²) in [6.07, 6.45) is 5.99. The summed E-state index contributed by atoms with van der Waals surface area (Å²) in [6.45, 7) is 1.82. The van der Waals surface area contributed by atoms with Crippen LogP contribution in [0.4, 0.5) is 0 Å². The number of rotatable bonds is 3. The first-order chi connectivity index (χ1) is 9.04. The van der Waals surface area contributed by atoms with Gasteiger partial charge in [-0.2, -0.15) is 0 Å². The van der Waals surface area contributed by atoms with Gasteiger partial charge in [0, 0.05) is 6.42 Å². The maximum Gasteiger partial charge on any atom is 0.338 e. The van der Waals surface area contributed by atoms with Crippen LogP contribution in [-0.4, -0.2) is 24.1 Å². The Morgan fingerprint density at radius 3 is 2.68 bits per heavy atom. The maximum absolute atomic E-state index is 11.8. The van der Waals surface area contributed by atoms with Gasteiger partial charge in [-0.15, -0.1) is 6.42 Å². The number of cyclic esters (lactones) is 1. The van der Waals surface area contributed by atoms with Gasteiger partial charge in [-0.25, -0.2) is 4.79 Å². The third-order valence-electron chi connectivity index (χ3n) is 3.03. The van der Waals surface area contributed by atoms with E-state index < -0.39 is 11.6 Å². The molecule has 1 fully saturated rings. The molecule has 0 radical (unpaired) electrons. The van der Waals surface area contributed by atoms with E-state index in [2.05, 4.69) is 5.92 Å². The van der Waals surface area contributed by atoms with E-state index in [9.17, 15) is 9.59 Å². The molecule has 1 aromatic carbocycles. The van der Waals surface area contributed by atoms with Gasteiger partial charge in [-0.3, -0.25) is 4.79 Å². The van der Waals surface area contributed by atoms with E-state index in [0.717, 1.165) is 5.56 Å². The van der Waals surface area contributed by atoms with Crippen molar-refractivity contribution in [3.05, 3.63) is 35.4 Å². The van der Waals surface area contributed by atoms with Gasteiger partial charge in [0.15, 0.2) is 0 Å². The van der Waals surface area contributed by atoms with Gasteiger partial charge < -0.3 is 9.47 Å². The first kappa shape index (κ1) is 13.2. The number of ether oxygens (including phenoxy) is 2. The van der Waals surface area contributed by atoms with Crippen LogP contribution >= 0.6 is 0 Å². The van der Waals surface area contributed by atoms with Gasteiger partial charge in [0.25, 0.3) is 0 Å². The van der Waals surface area contributed by atoms with Crippen LogP contribution in [0.3, 0.4) is 0 Å². The molecule has 1 heterocycles. The zero-order valence-electron chi connectivity index (χ0n) is 10.6. The van der Waals surface area contributed by atoms with Crippen molar-refractivity contribution in [2.45, 2.75) is 25.4 Å². The van der Waals surface area contributed by atoms with Crippen LogP contribution in [0.2, 0.25) is 0 Å². The molecule has 1 atom stereocenters. The van der Waals surface area contributed by atoms with E-state index in [1.807, 2.05) is 19.1 Å². The summed E-state index contributed by atoms with van der Waals surface area (Å²) in [6, 6.07) is 7.01. The molecular formula is C15H14O4. The number of benzene rings is 1. The number of carbonyl (C=O) groups excluding carboxylic acids is 2. The molecule has 1 saturated heterocycles. The molecule has 0 aliphatic carbocycles. The molecule has 1 aliphatic rings. The molecule has 0 bridgehead atoms. The van der Waals surface area contributed by atoms with Gasteiger partial charge in [-0.05, 0) is 19.1 Å². The normalized spacial score (nSPS) is 21.6. The number of terminal acetylenes is 1. The Morgan fingerprint density at radius 1 is 1.47 bits per heavy atom. The summed E-state index contributed by atoms with van der Waals surface area (Å²) in [5.74, 6) is 1.57. The highest BCUT2D eigenvalue weighted by Crippen LogP contribution is 2.26. The van der Waals surface area contributed by atoms with Crippen LogP contribution < -0.4 is 0 Å². The Hall–Kier alpha value is -2.28. The van der Waals surface area contributed by atoms with E-state index >= 15 is 0 Å². The highest BCUT2D eigenvalue weighted by Gasteiger charge is 2.40. The van der Waals surface area contributed by atoms with Crippen LogP contribution in [0, 0.1) is 19.3 Å². The Morgan fingerprint density at radius 2 is 2.16 bits per heavy atom. The van der Waals surface area contributed by atoms with Crippen molar-refractivity contribution < 1.29 is 19.1 Å². The Bertz CT molecular complexity index is 538. The summed E-state index contributed by atoms with van der Waals surface area (Å²) < 4.78 is 10.2. The Kier molecular flexibility index (Phi) is 3.57. The fraction of sp³-hybridized carbons (Fsp3) is 0.333. The van der Waals surface area contributed by atoms with E-state index in [4.69, 9.17) is 15.9 Å². The van der Waals surface area contributed by atoms with Crippen molar-refractivity contribution >= 4 is 11.9 Å². The molecule has 1 aliphatic heterocycles. The lowest BCUT2D eigenvalue weighted by molar-refractivity contribution is -0.147. The lowest BCUT2D eigenvalue weighted by atomic mass is 10.0. The van der Waals surface area contributed by atoms with Crippen LogP contribution in [-0.2, 0) is 14.3 Å². The Labute approximate surface area is 111 Å². The molecule has 2 rings (SSSR count). The van der Waals surface area contributed by atoms with Crippen LogP contribution in [0.1, 0.15) is 28.8 Å². The highest BCUT2D eigenvalue weighted by atomic mass is 16.6. The molecule has 0 saturated carbocycles. The minimum atomic E-state index is -1.10. The van der Waals surface area contributed by atoms with Crippen molar-refractivity contribution in [3.8, 4) is 12.3 Å². The molecule has 1 unspecified atom stereocenters. The van der Waals surface area contributed by atoms with E-state index in [1.54, 1.807) is 12.1 Å². The summed E-state index contributed by atoms with van der Waals surface area (Å²) in [5, 5.41) is 0. The second kappa shape index (κ2) is 5.15. The van der Waals surface area contributed by atoms with Crippen molar-refractivity contribution in [1.82, 2.24) is 0 Å². The lowest BCUT2D eigenvalue weighted by Crippen LogP contribution is -2.33. The molecule has 19 heavy (non-hydrogen) atoms. The predicted molar refractivity (Wildman–Crippen MR) is 68.4 cm³/mol. The summed E-state index contributed by atoms with van der Waals surface area (Å²) >= 11 is 0. The van der Waals surface area contributed by atoms with E-state index in [1.165, 1.54) is 0 Å². The van der Waals surface area contributed by atoms with E-state index in [0.29, 0.717) is 12.0 Å². The molecule has 4 heteroatoms. The minimum absolute atomic E-state index is 0.109. The van der Waals surface area contributed by atoms with Gasteiger partial charge in [0.05, 0.1) is 12.0 Å². The molecule has 4 nitrogen and oxygen atoms in total. The molecule has 0 aromatic heterocycles. The average molecular weight is 258 g/mol. The molecular weight excluding hydrogens is 244 g/mol. The van der Waals surface area contributed by atoms with Gasteiger partial charge in [0.1, 0.15) is 6.61 Å². The quantitative estimate of drug-likeness (QED) is 0.613. The average Bonchev–Trinajstić information content (AvgIpc) is 2.79. The van der Waals surface area contributed by atoms with Gasteiger partial charge in [-0.1, -0.05) is 23.6 Å². The second-order valence-corrected chi connectivity index (χ2v) is 4.55. The molecule has 0 spiro atoms. The zero-order valence-corrected chi connectivity index (χ0v) is 10.6. The molecule has 0 N–H and O–H groups in total. The monoisotopic (exact) mass is 258 g/mol. The number of hydrogen-bond donors (Lipinski definition) is 0. The first-order valence-corrected chi connectivity index (χ1v) is 5.98. The Balaban J connectivity index is 1.99. The number of carbonyl (C=O) groups is 2. The first-order valence-electron chi connectivity index (χ1n) is 5.98. The van der Waals surface area contributed by atoms with Gasteiger partial charge >= 0.3 is 11.9 Å². The lowest BCUT2D eigenvalue weighted by Gasteiger charge is -2.20. The number of aryl methyl sites for hydroxylation is 1. The van der Waals surface area contributed by atoms with Crippen molar-refractivity contribution in [2.75, 3.05) is 6.61 Å². The van der Waals surface area contributed by atoms with Crippen molar-refractivity contribution in [2.24, 2.45) is 0 Å². The van der Waals surface area contributed by atoms with Crippen molar-refractivity contribution in [3.63, 3.8) is 0 Å². The minimum Gasteiger partial charge on any atom is -0.457 e. The van der Waals surface area contributed by atoms with Crippen LogP contribution in [0.25, 0.3) is 0 Å². The molecule has 1 aromatic rings. The smallest absolute Gasteiger partial charge is 0.338 e. The number of hydrogen-bond acceptors (Lipinski definition) is 4. The third kappa shape index (κ3) is 2.94. The fourth-order valence-corrected chi connectivity index (χ4v) is 1.82. The third-order valence-corrected chi connectivity index (χ3v) is 3.03. The summed E-state index contributed by atoms with van der Waals surface area (Å²) in [7, 11) is 0. The van der Waals surface area contributed by atoms with E-state index in [-0.39, 0.29) is 19.0 Å². The largest absolute Gasteiger partial charge is 0.457 e. The summed E-state index contributed by atoms with van der Waals surface area (Å²) in [5.41, 5.74) is 0.403. The van der Waals surface area contributed by atoms with Gasteiger partial charge in [0.2, 0.25) is 5.60 Å². The second-order valence-electron chi connectivity index (χ2n) is 4.55. The SMILES string of the molecule is C#CC1(COC(=O)c2ccc(C)cc2)CCC(=O)O1. The topological polar surface area (TPSA) is 52.6 Å². The maximum atomic E-state index is 11.8. The number of esters is 2. The zero-order chi connectivity index (χ0) is 13.9. The molecule has 0 amide bonds. The standard InChI is InChI=1S/C15H14O4/c1-3-15(9-8-13(16)19-15)10-18-14(17)12-6-4-11(2)5-7-12/h1,4-7H,8-10H2,2H3.